The number of quaternary nitrogens is 1. The minimum atomic E-state index is -1.13. The maximum atomic E-state index is 12.8. The van der Waals surface area contributed by atoms with Crippen molar-refractivity contribution in [1.82, 2.24) is 0 Å². The summed E-state index contributed by atoms with van der Waals surface area (Å²) in [5.41, 5.74) is 0. The van der Waals surface area contributed by atoms with Crippen molar-refractivity contribution in [2.45, 2.75) is 219 Å². The maximum absolute atomic E-state index is 12.8. The van der Waals surface area contributed by atoms with Crippen LogP contribution in [-0.2, 0) is 28.6 Å². The zero-order valence-electron chi connectivity index (χ0n) is 41.2. The van der Waals surface area contributed by atoms with E-state index in [0.717, 1.165) is 83.5 Å². The molecule has 63 heavy (non-hydrogen) atoms. The number of unbranched alkanes of at least 4 members (excludes halogenated alkanes) is 19. The maximum Gasteiger partial charge on any atom is 0.306 e. The molecule has 0 N–H and O–H groups in total. The van der Waals surface area contributed by atoms with Gasteiger partial charge >= 0.3 is 11.9 Å². The summed E-state index contributed by atoms with van der Waals surface area (Å²) in [5, 5.41) is 11.7. The zero-order chi connectivity index (χ0) is 46.3. The van der Waals surface area contributed by atoms with E-state index in [1.54, 1.807) is 21.1 Å². The van der Waals surface area contributed by atoms with Gasteiger partial charge in [-0.3, -0.25) is 9.59 Å². The number of hydrogen-bond donors (Lipinski definition) is 0. The quantitative estimate of drug-likeness (QED) is 0.0260. The van der Waals surface area contributed by atoms with Crippen LogP contribution in [0.15, 0.2) is 72.9 Å². The molecular formula is C55H95NO7. The predicted octanol–water partition coefficient (Wildman–Crippen LogP) is 13.4. The van der Waals surface area contributed by atoms with E-state index in [4.69, 9.17) is 14.2 Å². The van der Waals surface area contributed by atoms with Gasteiger partial charge in [-0.05, 0) is 83.5 Å². The summed E-state index contributed by atoms with van der Waals surface area (Å²) >= 11 is 0. The van der Waals surface area contributed by atoms with Gasteiger partial charge in [0.2, 0.25) is 0 Å². The van der Waals surface area contributed by atoms with Crippen LogP contribution in [0.2, 0.25) is 0 Å². The minimum Gasteiger partial charge on any atom is -0.544 e. The first-order valence-corrected chi connectivity index (χ1v) is 25.5. The Morgan fingerprint density at radius 3 is 1.33 bits per heavy atom. The second-order valence-electron chi connectivity index (χ2n) is 18.0. The first-order chi connectivity index (χ1) is 30.6. The lowest BCUT2D eigenvalue weighted by atomic mass is 10.1. The molecule has 0 aliphatic rings. The molecule has 0 amide bonds. The van der Waals surface area contributed by atoms with E-state index in [0.29, 0.717) is 12.8 Å². The Bertz CT molecular complexity index is 1260. The highest BCUT2D eigenvalue weighted by molar-refractivity contribution is 5.70. The fraction of sp³-hybridized carbons (Fsp3) is 0.727. The van der Waals surface area contributed by atoms with Gasteiger partial charge in [-0.2, -0.15) is 0 Å². The third kappa shape index (κ3) is 43.8. The third-order valence-corrected chi connectivity index (χ3v) is 11.1. The molecule has 0 aromatic rings. The fourth-order valence-electron chi connectivity index (χ4n) is 7.15. The highest BCUT2D eigenvalue weighted by Gasteiger charge is 2.25. The number of nitrogens with zero attached hydrogens (tertiary/aromatic N) is 1. The fourth-order valence-corrected chi connectivity index (χ4v) is 7.15. The Balaban J connectivity index is 4.29. The van der Waals surface area contributed by atoms with Crippen LogP contribution in [0.25, 0.3) is 0 Å². The molecule has 2 unspecified atom stereocenters. The molecule has 0 radical (unpaired) electrons. The molecule has 362 valence electrons. The average Bonchev–Trinajstić information content (AvgIpc) is 3.24. The van der Waals surface area contributed by atoms with Crippen molar-refractivity contribution < 1.29 is 38.2 Å². The van der Waals surface area contributed by atoms with Gasteiger partial charge in [0.05, 0.1) is 40.3 Å². The molecule has 0 saturated carbocycles. The molecule has 0 aromatic carbocycles. The summed E-state index contributed by atoms with van der Waals surface area (Å²) in [7, 11) is 5.41. The predicted molar refractivity (Wildman–Crippen MR) is 263 cm³/mol. The monoisotopic (exact) mass is 882 g/mol. The molecule has 8 heteroatoms. The van der Waals surface area contributed by atoms with Gasteiger partial charge < -0.3 is 28.6 Å². The molecule has 2 atom stereocenters. The molecular weight excluding hydrogens is 787 g/mol. The molecule has 0 heterocycles. The average molecular weight is 882 g/mol. The Kier molecular flexibility index (Phi) is 43.0. The second kappa shape index (κ2) is 45.3. The number of carbonyl (C=O) groups is 3. The Morgan fingerprint density at radius 1 is 0.492 bits per heavy atom. The molecule has 0 rings (SSSR count). The van der Waals surface area contributed by atoms with E-state index in [1.165, 1.54) is 89.9 Å². The van der Waals surface area contributed by atoms with Crippen LogP contribution < -0.4 is 5.11 Å². The molecule has 0 aliphatic carbocycles. The highest BCUT2D eigenvalue weighted by atomic mass is 16.6. The van der Waals surface area contributed by atoms with Gasteiger partial charge in [0.25, 0.3) is 0 Å². The van der Waals surface area contributed by atoms with E-state index >= 15 is 0 Å². The molecule has 0 aliphatic heterocycles. The number of carboxylic acid groups (broad SMARTS) is 1. The third-order valence-electron chi connectivity index (χ3n) is 11.1. The van der Waals surface area contributed by atoms with Crippen molar-refractivity contribution >= 4 is 17.9 Å². The van der Waals surface area contributed by atoms with Crippen LogP contribution in [-0.4, -0.2) is 75.5 Å². The summed E-state index contributed by atoms with van der Waals surface area (Å²) in [5.74, 6) is -1.76. The van der Waals surface area contributed by atoms with Crippen LogP contribution in [0.4, 0.5) is 0 Å². The van der Waals surface area contributed by atoms with Crippen LogP contribution in [0, 0.1) is 0 Å². The van der Waals surface area contributed by atoms with Crippen LogP contribution in [0.1, 0.15) is 206 Å². The van der Waals surface area contributed by atoms with Gasteiger partial charge in [-0.1, -0.05) is 177 Å². The summed E-state index contributed by atoms with van der Waals surface area (Å²) in [6, 6.07) is -0.732. The number of hydrogen-bond acceptors (Lipinski definition) is 7. The van der Waals surface area contributed by atoms with Crippen molar-refractivity contribution in [2.24, 2.45) is 0 Å². The number of carbonyl (C=O) groups excluding carboxylic acids is 3. The molecule has 0 fully saturated rings. The SMILES string of the molecule is CC/C=C/C/C=C/C/C=C/C/C=C/C/C=C/CCCCCCCCC(=O)OCC(COCCC(C(=O)[O-])[N+](C)(C)C)OC(=O)CCCCCCCCC/C=C/CCCCCCCC. The van der Waals surface area contributed by atoms with Gasteiger partial charge in [-0.25, -0.2) is 0 Å². The van der Waals surface area contributed by atoms with Gasteiger partial charge in [0.1, 0.15) is 12.6 Å². The number of esters is 2. The number of carboxylic acids is 1. The second-order valence-corrected chi connectivity index (χ2v) is 18.0. The van der Waals surface area contributed by atoms with Crippen molar-refractivity contribution in [3.63, 3.8) is 0 Å². The molecule has 0 saturated heterocycles. The largest absolute Gasteiger partial charge is 0.544 e. The molecule has 0 aromatic heterocycles. The normalized spacial score (nSPS) is 13.5. The number of likely N-dealkylation sites (N-methyl/N-ethyl adjacent to an activating group) is 1. The van der Waals surface area contributed by atoms with Gasteiger partial charge in [0.15, 0.2) is 6.10 Å². The number of rotatable bonds is 45. The lowest BCUT2D eigenvalue weighted by Gasteiger charge is -2.34. The molecule has 0 bridgehead atoms. The Morgan fingerprint density at radius 2 is 0.889 bits per heavy atom. The van der Waals surface area contributed by atoms with Crippen LogP contribution >= 0.6 is 0 Å². The Labute approximate surface area is 387 Å². The van der Waals surface area contributed by atoms with Crippen molar-refractivity contribution in [1.29, 1.82) is 0 Å². The van der Waals surface area contributed by atoms with Crippen molar-refractivity contribution in [2.75, 3.05) is 41.0 Å². The summed E-state index contributed by atoms with van der Waals surface area (Å²) in [4.78, 5) is 37.0. The smallest absolute Gasteiger partial charge is 0.306 e. The van der Waals surface area contributed by atoms with E-state index in [2.05, 4.69) is 86.8 Å². The van der Waals surface area contributed by atoms with Gasteiger partial charge in [0, 0.05) is 19.3 Å². The Hall–Kier alpha value is -3.23. The number of ether oxygens (including phenoxy) is 3. The van der Waals surface area contributed by atoms with E-state index < -0.39 is 18.1 Å². The summed E-state index contributed by atoms with van der Waals surface area (Å²) < 4.78 is 17.2. The lowest BCUT2D eigenvalue weighted by Crippen LogP contribution is -2.55. The minimum absolute atomic E-state index is 0.0315. The summed E-state index contributed by atoms with van der Waals surface area (Å²) in [6.45, 7) is 4.53. The highest BCUT2D eigenvalue weighted by Crippen LogP contribution is 2.14. The first kappa shape index (κ1) is 59.8. The standard InChI is InChI=1S/C55H95NO7/c1-6-8-10-12-14-16-18-20-22-24-25-26-27-28-30-31-33-35-37-39-41-43-45-53(57)62-50-51(49-61-48-47-52(55(59)60)56(3,4)5)63-54(58)46-44-42-40-38-36-34-32-29-23-21-19-17-15-13-11-9-7-2/h8,10,14,16,20-23,25-26,28,30,51-52H,6-7,9,11-13,15,17-19,24,27,29,31-50H2,1-5H3/b10-8+,16-14+,22-20+,23-21+,26-25+,30-28+. The van der Waals surface area contributed by atoms with E-state index in [9.17, 15) is 19.5 Å². The van der Waals surface area contributed by atoms with Crippen molar-refractivity contribution in [3.8, 4) is 0 Å². The van der Waals surface area contributed by atoms with Crippen LogP contribution in [0.5, 0.6) is 0 Å². The number of allylic oxidation sites excluding steroid dienone is 12. The lowest BCUT2D eigenvalue weighted by molar-refractivity contribution is -0.889. The van der Waals surface area contributed by atoms with Gasteiger partial charge in [-0.15, -0.1) is 0 Å². The van der Waals surface area contributed by atoms with Crippen LogP contribution in [0.3, 0.4) is 0 Å². The molecule has 8 nitrogen and oxygen atoms in total. The molecule has 0 spiro atoms. The number of aliphatic carboxylic acids is 1. The first-order valence-electron chi connectivity index (χ1n) is 25.5. The topological polar surface area (TPSA) is 102 Å². The zero-order valence-corrected chi connectivity index (χ0v) is 41.2. The van der Waals surface area contributed by atoms with E-state index in [1.807, 2.05) is 0 Å². The van der Waals surface area contributed by atoms with Crippen molar-refractivity contribution in [3.05, 3.63) is 72.9 Å². The summed E-state index contributed by atoms with van der Waals surface area (Å²) in [6.07, 6.45) is 57.8. The van der Waals surface area contributed by atoms with E-state index in [-0.39, 0.29) is 42.7 Å².